The maximum absolute atomic E-state index is 10.7. The van der Waals surface area contributed by atoms with Gasteiger partial charge in [-0.05, 0) is 40.6 Å². The van der Waals surface area contributed by atoms with Gasteiger partial charge in [0.15, 0.2) is 5.69 Å². The first-order valence-electron chi connectivity index (χ1n) is 5.63. The van der Waals surface area contributed by atoms with E-state index in [0.717, 1.165) is 11.1 Å². The molecule has 0 amide bonds. The predicted molar refractivity (Wildman–Crippen MR) is 75.9 cm³/mol. The van der Waals surface area contributed by atoms with Gasteiger partial charge in [0.05, 0.1) is 5.52 Å². The summed E-state index contributed by atoms with van der Waals surface area (Å²) < 4.78 is 0. The molecule has 1 aromatic heterocycles. The van der Waals surface area contributed by atoms with Crippen LogP contribution in [0.2, 0.25) is 5.02 Å². The van der Waals surface area contributed by atoms with E-state index in [1.165, 1.54) is 0 Å². The molecule has 3 aromatic rings. The summed E-state index contributed by atoms with van der Waals surface area (Å²) in [4.78, 5) is 13.5. The second-order valence-electron chi connectivity index (χ2n) is 4.18. The van der Waals surface area contributed by atoms with Crippen LogP contribution in [0.5, 0.6) is 5.88 Å². The van der Waals surface area contributed by atoms with Crippen molar-refractivity contribution in [3.8, 4) is 17.0 Å². The fraction of sp³-hybridized carbons (Fsp3) is 0. The number of hydrogen-bond acceptors (Lipinski definition) is 3. The number of halogens is 1. The minimum absolute atomic E-state index is 0.0332. The lowest BCUT2D eigenvalue weighted by Crippen LogP contribution is -1.77. The van der Waals surface area contributed by atoms with Crippen molar-refractivity contribution in [3.63, 3.8) is 0 Å². The minimum Gasteiger partial charge on any atom is -0.493 e. The Hall–Kier alpha value is -2.33. The Bertz CT molecular complexity index is 763. The molecule has 0 spiro atoms. The Morgan fingerprint density at radius 2 is 1.74 bits per heavy atom. The molecule has 2 N–H and O–H groups in total. The van der Waals surface area contributed by atoms with Crippen LogP contribution in [-0.2, 0) is 0 Å². The summed E-state index contributed by atoms with van der Waals surface area (Å²) in [5.41, 5.74) is 2.60. The van der Waals surface area contributed by atoms with Crippen molar-refractivity contribution in [2.45, 2.75) is 0 Å². The number of benzene rings is 2. The summed E-state index contributed by atoms with van der Waals surface area (Å²) in [6.07, 6.45) is 0. The minimum atomic E-state index is -0.210. The predicted octanol–water partition coefficient (Wildman–Crippen LogP) is 4.59. The van der Waals surface area contributed by atoms with Gasteiger partial charge in [-0.3, -0.25) is 0 Å². The van der Waals surface area contributed by atoms with Crippen molar-refractivity contribution in [1.82, 2.24) is 4.98 Å². The van der Waals surface area contributed by atoms with Gasteiger partial charge in [0.1, 0.15) is 0 Å². The summed E-state index contributed by atoms with van der Waals surface area (Å²) >= 11 is 5.85. The van der Waals surface area contributed by atoms with E-state index >= 15 is 0 Å². The van der Waals surface area contributed by atoms with Crippen LogP contribution in [-0.4, -0.2) is 10.1 Å². The third-order valence-corrected chi connectivity index (χ3v) is 3.27. The van der Waals surface area contributed by atoms with Crippen molar-refractivity contribution < 1.29 is 5.11 Å². The van der Waals surface area contributed by atoms with Gasteiger partial charge in [-0.15, -0.1) is 4.91 Å². The molecule has 0 aliphatic heterocycles. The van der Waals surface area contributed by atoms with Gasteiger partial charge in [0.25, 0.3) is 0 Å². The molecule has 0 unspecified atom stereocenters. The van der Waals surface area contributed by atoms with Crippen LogP contribution in [0.3, 0.4) is 0 Å². The number of aromatic amines is 1. The molecule has 0 aliphatic carbocycles. The first-order chi connectivity index (χ1) is 9.19. The number of nitroso groups, excluding NO2 is 1. The second-order valence-corrected chi connectivity index (χ2v) is 4.62. The second kappa shape index (κ2) is 4.40. The molecule has 0 bridgehead atoms. The number of aromatic hydroxyl groups is 1. The van der Waals surface area contributed by atoms with E-state index in [4.69, 9.17) is 11.6 Å². The van der Waals surface area contributed by atoms with Gasteiger partial charge in [0, 0.05) is 10.4 Å². The summed E-state index contributed by atoms with van der Waals surface area (Å²) in [5, 5.41) is 13.7. The third-order valence-electron chi connectivity index (χ3n) is 3.02. The van der Waals surface area contributed by atoms with Gasteiger partial charge >= 0.3 is 0 Å². The van der Waals surface area contributed by atoms with Crippen molar-refractivity contribution in [2.75, 3.05) is 0 Å². The van der Waals surface area contributed by atoms with Gasteiger partial charge in [-0.1, -0.05) is 29.8 Å². The van der Waals surface area contributed by atoms with E-state index in [9.17, 15) is 10.0 Å². The molecule has 3 rings (SSSR count). The Balaban J connectivity index is 2.20. The van der Waals surface area contributed by atoms with E-state index in [-0.39, 0.29) is 11.6 Å². The van der Waals surface area contributed by atoms with Gasteiger partial charge < -0.3 is 10.1 Å². The summed E-state index contributed by atoms with van der Waals surface area (Å²) in [7, 11) is 0. The molecule has 1 heterocycles. The van der Waals surface area contributed by atoms with Crippen LogP contribution in [0.1, 0.15) is 0 Å². The molecule has 0 aliphatic rings. The van der Waals surface area contributed by atoms with Crippen LogP contribution < -0.4 is 0 Å². The van der Waals surface area contributed by atoms with Crippen LogP contribution in [0.4, 0.5) is 5.69 Å². The first-order valence-corrected chi connectivity index (χ1v) is 6.01. The van der Waals surface area contributed by atoms with E-state index < -0.39 is 0 Å². The van der Waals surface area contributed by atoms with E-state index in [1.807, 2.05) is 24.3 Å². The molecule has 0 atom stereocenters. The van der Waals surface area contributed by atoms with E-state index in [0.29, 0.717) is 15.9 Å². The number of rotatable bonds is 2. The first kappa shape index (κ1) is 11.7. The number of nitrogens with one attached hydrogen (secondary N) is 1. The van der Waals surface area contributed by atoms with Crippen LogP contribution in [0.15, 0.2) is 47.6 Å². The standard InChI is InChI=1S/C14H9ClN2O2/c15-10-4-1-8(2-5-10)9-3-6-12-11(7-9)13(17-19)14(18)16-12/h1-7,16,18H. The lowest BCUT2D eigenvalue weighted by atomic mass is 10.0. The highest BCUT2D eigenvalue weighted by atomic mass is 35.5. The molecule has 0 radical (unpaired) electrons. The van der Waals surface area contributed by atoms with Gasteiger partial charge in [-0.25, -0.2) is 0 Å². The Morgan fingerprint density at radius 3 is 2.42 bits per heavy atom. The zero-order valence-corrected chi connectivity index (χ0v) is 10.5. The molecule has 94 valence electrons. The Morgan fingerprint density at radius 1 is 1.05 bits per heavy atom. The number of aromatic nitrogens is 1. The molecular formula is C14H9ClN2O2. The SMILES string of the molecule is O=Nc1c(O)[nH]c2ccc(-c3ccc(Cl)cc3)cc12. The zero-order chi connectivity index (χ0) is 13.4. The van der Waals surface area contributed by atoms with Crippen molar-refractivity contribution in [3.05, 3.63) is 52.4 Å². The van der Waals surface area contributed by atoms with Crippen LogP contribution in [0, 0.1) is 4.91 Å². The number of H-pyrrole nitrogens is 1. The quantitative estimate of drug-likeness (QED) is 0.670. The number of hydrogen-bond donors (Lipinski definition) is 2. The highest BCUT2D eigenvalue weighted by Gasteiger charge is 2.12. The fourth-order valence-corrected chi connectivity index (χ4v) is 2.20. The largest absolute Gasteiger partial charge is 0.493 e. The van der Waals surface area contributed by atoms with Crippen LogP contribution in [0.25, 0.3) is 22.0 Å². The summed E-state index contributed by atoms with van der Waals surface area (Å²) in [6, 6.07) is 12.9. The Labute approximate surface area is 113 Å². The molecule has 0 saturated heterocycles. The van der Waals surface area contributed by atoms with Crippen molar-refractivity contribution in [1.29, 1.82) is 0 Å². The smallest absolute Gasteiger partial charge is 0.219 e. The van der Waals surface area contributed by atoms with Gasteiger partial charge in [-0.2, -0.15) is 0 Å². The molecule has 5 heteroatoms. The van der Waals surface area contributed by atoms with Crippen molar-refractivity contribution in [2.24, 2.45) is 5.18 Å². The average molecular weight is 273 g/mol. The molecular weight excluding hydrogens is 264 g/mol. The van der Waals surface area contributed by atoms with E-state index in [2.05, 4.69) is 10.2 Å². The van der Waals surface area contributed by atoms with Crippen molar-refractivity contribution >= 4 is 28.2 Å². The summed E-state index contributed by atoms with van der Waals surface area (Å²) in [5.74, 6) is -0.210. The lowest BCUT2D eigenvalue weighted by Gasteiger charge is -2.02. The van der Waals surface area contributed by atoms with Gasteiger partial charge in [0.2, 0.25) is 5.88 Å². The number of nitrogens with zero attached hydrogens (tertiary/aromatic N) is 1. The Kier molecular flexibility index (Phi) is 2.72. The topological polar surface area (TPSA) is 65.4 Å². The maximum Gasteiger partial charge on any atom is 0.219 e. The normalized spacial score (nSPS) is 10.8. The highest BCUT2D eigenvalue weighted by molar-refractivity contribution is 6.30. The maximum atomic E-state index is 10.7. The molecule has 2 aromatic carbocycles. The molecule has 19 heavy (non-hydrogen) atoms. The average Bonchev–Trinajstić information content (AvgIpc) is 2.74. The lowest BCUT2D eigenvalue weighted by molar-refractivity contribution is 0.460. The highest BCUT2D eigenvalue weighted by Crippen LogP contribution is 2.37. The molecule has 0 saturated carbocycles. The molecule has 0 fully saturated rings. The zero-order valence-electron chi connectivity index (χ0n) is 9.72. The molecule has 4 nitrogen and oxygen atoms in total. The monoisotopic (exact) mass is 272 g/mol. The number of fused-ring (bicyclic) bond motifs is 1. The third kappa shape index (κ3) is 1.96. The van der Waals surface area contributed by atoms with E-state index in [1.54, 1.807) is 18.2 Å². The van der Waals surface area contributed by atoms with Crippen LogP contribution >= 0.6 is 11.6 Å². The fourth-order valence-electron chi connectivity index (χ4n) is 2.08. The summed E-state index contributed by atoms with van der Waals surface area (Å²) in [6.45, 7) is 0.